The van der Waals surface area contributed by atoms with E-state index in [4.69, 9.17) is 0 Å². The molecule has 0 aromatic heterocycles. The van der Waals surface area contributed by atoms with E-state index in [0.29, 0.717) is 0 Å². The van der Waals surface area contributed by atoms with Crippen LogP contribution in [0.5, 0.6) is 0 Å². The van der Waals surface area contributed by atoms with Gasteiger partial charge in [-0.2, -0.15) is 0 Å². The summed E-state index contributed by atoms with van der Waals surface area (Å²) in [5, 5.41) is 30.2. The fourth-order valence-electron chi connectivity index (χ4n) is 2.69. The molecule has 1 aliphatic carbocycles. The lowest BCUT2D eigenvalue weighted by Gasteiger charge is -2.43. The van der Waals surface area contributed by atoms with Crippen molar-refractivity contribution < 1.29 is 24.9 Å². The number of carbonyl (C=O) groups is 1. The lowest BCUT2D eigenvalue weighted by atomic mass is 9.68. The van der Waals surface area contributed by atoms with Crippen LogP contribution in [0.2, 0.25) is 0 Å². The van der Waals surface area contributed by atoms with Gasteiger partial charge in [-0.15, -0.1) is 0 Å². The first-order valence-corrected chi connectivity index (χ1v) is 6.40. The summed E-state index contributed by atoms with van der Waals surface area (Å²) >= 11 is 0. The number of ether oxygens (including phenoxy) is 1. The molecule has 0 bridgehead atoms. The van der Waals surface area contributed by atoms with Crippen molar-refractivity contribution in [3.05, 3.63) is 0 Å². The second kappa shape index (κ2) is 5.55. The van der Waals surface area contributed by atoms with Gasteiger partial charge in [0.2, 0.25) is 0 Å². The average Bonchev–Trinajstić information content (AvgIpc) is 2.31. The lowest BCUT2D eigenvalue weighted by molar-refractivity contribution is -0.186. The molecule has 0 aromatic carbocycles. The van der Waals surface area contributed by atoms with Gasteiger partial charge in [-0.25, -0.2) is 4.79 Å². The highest BCUT2D eigenvalue weighted by Crippen LogP contribution is 2.39. The zero-order chi connectivity index (χ0) is 14.1. The Bertz CT molecular complexity index is 300. The highest BCUT2D eigenvalue weighted by molar-refractivity contribution is 5.79. The molecule has 5 heteroatoms. The Balaban J connectivity index is 2.94. The first-order chi connectivity index (χ1) is 8.23. The Kier molecular flexibility index (Phi) is 4.75. The van der Waals surface area contributed by atoms with Gasteiger partial charge in [0.1, 0.15) is 0 Å². The summed E-state index contributed by atoms with van der Waals surface area (Å²) in [7, 11) is 1.21. The maximum Gasteiger partial charge on any atom is 0.337 e. The molecule has 0 aromatic rings. The Morgan fingerprint density at radius 1 is 1.28 bits per heavy atom. The van der Waals surface area contributed by atoms with Gasteiger partial charge in [0, 0.05) is 6.42 Å². The van der Waals surface area contributed by atoms with E-state index in [0.717, 1.165) is 0 Å². The van der Waals surface area contributed by atoms with Crippen molar-refractivity contribution in [2.24, 2.45) is 17.8 Å². The molecule has 1 fully saturated rings. The normalized spacial score (nSPS) is 38.6. The quantitative estimate of drug-likeness (QED) is 0.636. The highest BCUT2D eigenvalue weighted by atomic mass is 16.5. The summed E-state index contributed by atoms with van der Waals surface area (Å²) in [6, 6.07) is 0. The van der Waals surface area contributed by atoms with Gasteiger partial charge >= 0.3 is 5.97 Å². The van der Waals surface area contributed by atoms with Gasteiger partial charge in [0.25, 0.3) is 0 Å². The smallest absolute Gasteiger partial charge is 0.337 e. The van der Waals surface area contributed by atoms with Crippen LogP contribution in [0, 0.1) is 17.8 Å². The number of methoxy groups -OCH3 is 1. The summed E-state index contributed by atoms with van der Waals surface area (Å²) < 4.78 is 4.58. The SMILES string of the molecule is COC(=O)C1(O)CC(O)C(O)C(C(C)C(C)C)C1. The predicted octanol–water partition coefficient (Wildman–Crippen LogP) is 0.314. The minimum Gasteiger partial charge on any atom is -0.467 e. The van der Waals surface area contributed by atoms with Crippen molar-refractivity contribution >= 4 is 5.97 Å². The van der Waals surface area contributed by atoms with Gasteiger partial charge in [-0.3, -0.25) is 0 Å². The molecule has 1 saturated carbocycles. The standard InChI is InChI=1S/C13H24O5/c1-7(2)8(3)9-5-13(17,12(16)18-4)6-10(14)11(9)15/h7-11,14-15,17H,5-6H2,1-4H3. The van der Waals surface area contributed by atoms with Crippen molar-refractivity contribution in [3.8, 4) is 0 Å². The molecule has 0 aliphatic heterocycles. The van der Waals surface area contributed by atoms with Gasteiger partial charge in [-0.05, 0) is 24.2 Å². The third-order valence-corrected chi connectivity index (χ3v) is 4.25. The Morgan fingerprint density at radius 2 is 1.83 bits per heavy atom. The Labute approximate surface area is 108 Å². The molecule has 0 radical (unpaired) electrons. The molecule has 18 heavy (non-hydrogen) atoms. The second-order valence-corrected chi connectivity index (χ2v) is 5.76. The number of rotatable bonds is 3. The third-order valence-electron chi connectivity index (χ3n) is 4.25. The van der Waals surface area contributed by atoms with E-state index < -0.39 is 23.8 Å². The zero-order valence-electron chi connectivity index (χ0n) is 11.5. The first-order valence-electron chi connectivity index (χ1n) is 6.40. The maximum absolute atomic E-state index is 11.6. The molecule has 0 saturated heterocycles. The molecule has 0 spiro atoms. The van der Waals surface area contributed by atoms with E-state index in [1.807, 2.05) is 20.8 Å². The molecule has 0 heterocycles. The van der Waals surface area contributed by atoms with E-state index in [2.05, 4.69) is 4.74 Å². The van der Waals surface area contributed by atoms with Crippen molar-refractivity contribution in [1.82, 2.24) is 0 Å². The molecule has 3 N–H and O–H groups in total. The molecule has 5 nitrogen and oxygen atoms in total. The van der Waals surface area contributed by atoms with Gasteiger partial charge in [0.15, 0.2) is 5.60 Å². The summed E-state index contributed by atoms with van der Waals surface area (Å²) in [6.45, 7) is 5.97. The van der Waals surface area contributed by atoms with Crippen LogP contribution in [0.25, 0.3) is 0 Å². The number of aliphatic hydroxyl groups excluding tert-OH is 2. The largest absolute Gasteiger partial charge is 0.467 e. The zero-order valence-corrected chi connectivity index (χ0v) is 11.5. The van der Waals surface area contributed by atoms with E-state index >= 15 is 0 Å². The fourth-order valence-corrected chi connectivity index (χ4v) is 2.69. The van der Waals surface area contributed by atoms with Crippen LogP contribution in [-0.4, -0.2) is 46.2 Å². The molecule has 5 atom stereocenters. The molecule has 106 valence electrons. The molecular weight excluding hydrogens is 236 g/mol. The molecule has 1 aliphatic rings. The number of aliphatic hydroxyl groups is 3. The van der Waals surface area contributed by atoms with E-state index in [1.165, 1.54) is 7.11 Å². The van der Waals surface area contributed by atoms with Crippen LogP contribution in [0.15, 0.2) is 0 Å². The van der Waals surface area contributed by atoms with Crippen molar-refractivity contribution in [2.75, 3.05) is 7.11 Å². The second-order valence-electron chi connectivity index (χ2n) is 5.76. The van der Waals surface area contributed by atoms with E-state index in [-0.39, 0.29) is 30.6 Å². The third kappa shape index (κ3) is 2.84. The predicted molar refractivity (Wildman–Crippen MR) is 65.7 cm³/mol. The molecule has 5 unspecified atom stereocenters. The minimum absolute atomic E-state index is 0.0890. The van der Waals surface area contributed by atoms with Crippen LogP contribution in [0.4, 0.5) is 0 Å². The van der Waals surface area contributed by atoms with E-state index in [1.54, 1.807) is 0 Å². The van der Waals surface area contributed by atoms with Crippen LogP contribution >= 0.6 is 0 Å². The maximum atomic E-state index is 11.6. The van der Waals surface area contributed by atoms with Crippen molar-refractivity contribution in [1.29, 1.82) is 0 Å². The van der Waals surface area contributed by atoms with E-state index in [9.17, 15) is 20.1 Å². The van der Waals surface area contributed by atoms with Gasteiger partial charge in [0.05, 0.1) is 19.3 Å². The van der Waals surface area contributed by atoms with Crippen molar-refractivity contribution in [2.45, 2.75) is 51.4 Å². The minimum atomic E-state index is -1.69. The number of carbonyl (C=O) groups excluding carboxylic acids is 1. The fraction of sp³-hybridized carbons (Fsp3) is 0.923. The van der Waals surface area contributed by atoms with Crippen LogP contribution < -0.4 is 0 Å². The van der Waals surface area contributed by atoms with Crippen LogP contribution in [-0.2, 0) is 9.53 Å². The highest BCUT2D eigenvalue weighted by Gasteiger charge is 2.50. The molecule has 0 amide bonds. The number of hydrogen-bond acceptors (Lipinski definition) is 5. The van der Waals surface area contributed by atoms with Gasteiger partial charge < -0.3 is 20.1 Å². The van der Waals surface area contributed by atoms with Gasteiger partial charge in [-0.1, -0.05) is 20.8 Å². The molecular formula is C13H24O5. The summed E-state index contributed by atoms with van der Waals surface area (Å²) in [5.74, 6) is -0.685. The average molecular weight is 260 g/mol. The Morgan fingerprint density at radius 3 is 2.28 bits per heavy atom. The summed E-state index contributed by atoms with van der Waals surface area (Å²) in [4.78, 5) is 11.6. The number of esters is 1. The van der Waals surface area contributed by atoms with Crippen molar-refractivity contribution in [3.63, 3.8) is 0 Å². The molecule has 1 rings (SSSR count). The Hall–Kier alpha value is -0.650. The first kappa shape index (κ1) is 15.4. The van der Waals surface area contributed by atoms with Crippen LogP contribution in [0.1, 0.15) is 33.6 Å². The number of hydrogen-bond donors (Lipinski definition) is 3. The summed E-state index contributed by atoms with van der Waals surface area (Å²) in [6.07, 6.45) is -2.07. The van der Waals surface area contributed by atoms with Crippen LogP contribution in [0.3, 0.4) is 0 Å². The lowest BCUT2D eigenvalue weighted by Crippen LogP contribution is -2.55. The topological polar surface area (TPSA) is 87.0 Å². The monoisotopic (exact) mass is 260 g/mol. The summed E-state index contributed by atoms with van der Waals surface area (Å²) in [5.41, 5.74) is -1.69.